The lowest BCUT2D eigenvalue weighted by molar-refractivity contribution is -0.137. The number of amides is 1. The highest BCUT2D eigenvalue weighted by molar-refractivity contribution is 5.97. The van der Waals surface area contributed by atoms with Crippen LogP contribution in [-0.4, -0.2) is 31.2 Å². The summed E-state index contributed by atoms with van der Waals surface area (Å²) in [4.78, 5) is 12.3. The molecule has 1 aliphatic rings. The molecule has 1 heterocycles. The molecular formula is C17H25ClF3N3O2. The molecule has 148 valence electrons. The number of anilines is 2. The van der Waals surface area contributed by atoms with Crippen molar-refractivity contribution in [2.75, 3.05) is 23.7 Å². The van der Waals surface area contributed by atoms with Crippen molar-refractivity contribution in [3.63, 3.8) is 0 Å². The van der Waals surface area contributed by atoms with E-state index in [1.165, 1.54) is 6.07 Å². The van der Waals surface area contributed by atoms with E-state index < -0.39 is 23.8 Å². The number of nitrogens with one attached hydrogen (secondary N) is 2. The van der Waals surface area contributed by atoms with Crippen molar-refractivity contribution >= 4 is 29.7 Å². The summed E-state index contributed by atoms with van der Waals surface area (Å²) in [6, 6.07) is 3.29. The normalized spacial score (nSPS) is 19.7. The van der Waals surface area contributed by atoms with Gasteiger partial charge in [0.15, 0.2) is 0 Å². The van der Waals surface area contributed by atoms with Crippen molar-refractivity contribution in [3.8, 4) is 0 Å². The van der Waals surface area contributed by atoms with Gasteiger partial charge in [-0.2, -0.15) is 13.2 Å². The average molecular weight is 396 g/mol. The largest absolute Gasteiger partial charge is 0.416 e. The fraction of sp³-hybridized carbons (Fsp3) is 0.588. The van der Waals surface area contributed by atoms with Crippen molar-refractivity contribution in [2.24, 2.45) is 5.73 Å². The van der Waals surface area contributed by atoms with E-state index >= 15 is 0 Å². The van der Waals surface area contributed by atoms with Crippen LogP contribution in [0, 0.1) is 0 Å². The second-order valence-electron chi connectivity index (χ2n) is 6.09. The zero-order valence-corrected chi connectivity index (χ0v) is 15.4. The lowest BCUT2D eigenvalue weighted by Crippen LogP contribution is -2.30. The molecule has 0 spiro atoms. The van der Waals surface area contributed by atoms with Crippen LogP contribution < -0.4 is 16.4 Å². The maximum atomic E-state index is 13.0. The third-order valence-electron chi connectivity index (χ3n) is 4.11. The Hall–Kier alpha value is -1.51. The predicted octanol–water partition coefficient (Wildman–Crippen LogP) is 3.78. The maximum Gasteiger partial charge on any atom is 0.416 e. The molecule has 0 unspecified atom stereocenters. The lowest BCUT2D eigenvalue weighted by atomic mass is 10.1. The molecule has 1 fully saturated rings. The van der Waals surface area contributed by atoms with Gasteiger partial charge in [0.25, 0.3) is 5.91 Å². The summed E-state index contributed by atoms with van der Waals surface area (Å²) < 4.78 is 44.4. The first-order valence-corrected chi connectivity index (χ1v) is 8.46. The van der Waals surface area contributed by atoms with Crippen LogP contribution in [0.3, 0.4) is 0 Å². The van der Waals surface area contributed by atoms with Crippen molar-refractivity contribution < 1.29 is 22.7 Å². The molecule has 1 saturated heterocycles. The number of benzene rings is 1. The highest BCUT2D eigenvalue weighted by Gasteiger charge is 2.33. The van der Waals surface area contributed by atoms with Crippen LogP contribution in [0.4, 0.5) is 24.5 Å². The van der Waals surface area contributed by atoms with Gasteiger partial charge in [-0.05, 0) is 37.5 Å². The first-order valence-electron chi connectivity index (χ1n) is 8.46. The molecule has 9 heteroatoms. The van der Waals surface area contributed by atoms with Crippen molar-refractivity contribution in [1.29, 1.82) is 0 Å². The van der Waals surface area contributed by atoms with Gasteiger partial charge in [0.2, 0.25) is 0 Å². The molecule has 2 atom stereocenters. The number of hydrogen-bond acceptors (Lipinski definition) is 4. The number of ether oxygens (including phenoxy) is 1. The molecular weight excluding hydrogens is 371 g/mol. The third-order valence-corrected chi connectivity index (χ3v) is 4.11. The molecule has 0 bridgehead atoms. The Balaban J connectivity index is 0.00000338. The monoisotopic (exact) mass is 395 g/mol. The van der Waals surface area contributed by atoms with Gasteiger partial charge in [-0.1, -0.05) is 13.3 Å². The quantitative estimate of drug-likeness (QED) is 0.614. The molecule has 1 aromatic carbocycles. The summed E-state index contributed by atoms with van der Waals surface area (Å²) >= 11 is 0. The number of carbonyl (C=O) groups is 1. The third kappa shape index (κ3) is 6.03. The second kappa shape index (κ2) is 9.99. The summed E-state index contributed by atoms with van der Waals surface area (Å²) in [6.45, 7) is 2.94. The van der Waals surface area contributed by atoms with Gasteiger partial charge in [0.1, 0.15) is 6.10 Å². The van der Waals surface area contributed by atoms with E-state index in [-0.39, 0.29) is 24.2 Å². The number of rotatable bonds is 7. The van der Waals surface area contributed by atoms with Crippen LogP contribution in [0.1, 0.15) is 38.2 Å². The predicted molar refractivity (Wildman–Crippen MR) is 97.7 cm³/mol. The van der Waals surface area contributed by atoms with Crippen molar-refractivity contribution in [3.05, 3.63) is 23.8 Å². The zero-order chi connectivity index (χ0) is 18.4. The second-order valence-corrected chi connectivity index (χ2v) is 6.09. The Morgan fingerprint density at radius 3 is 2.62 bits per heavy atom. The molecule has 0 aromatic heterocycles. The maximum absolute atomic E-state index is 13.0. The van der Waals surface area contributed by atoms with E-state index in [2.05, 4.69) is 10.6 Å². The molecule has 0 aliphatic carbocycles. The number of alkyl halides is 3. The molecule has 2 rings (SSSR count). The van der Waals surface area contributed by atoms with Gasteiger partial charge in [-0.25, -0.2) is 0 Å². The Morgan fingerprint density at radius 1 is 1.31 bits per heavy atom. The van der Waals surface area contributed by atoms with Crippen LogP contribution in [0.25, 0.3) is 0 Å². The molecule has 26 heavy (non-hydrogen) atoms. The fourth-order valence-corrected chi connectivity index (χ4v) is 2.66. The molecule has 0 saturated carbocycles. The minimum atomic E-state index is -4.48. The van der Waals surface area contributed by atoms with E-state index in [1.807, 2.05) is 6.92 Å². The van der Waals surface area contributed by atoms with E-state index in [0.29, 0.717) is 31.6 Å². The van der Waals surface area contributed by atoms with Crippen LogP contribution in [-0.2, 0) is 15.7 Å². The molecule has 4 N–H and O–H groups in total. The smallest absolute Gasteiger partial charge is 0.383 e. The van der Waals surface area contributed by atoms with Crippen LogP contribution in [0.2, 0.25) is 0 Å². The Morgan fingerprint density at radius 2 is 2.04 bits per heavy atom. The molecule has 1 amide bonds. The van der Waals surface area contributed by atoms with E-state index in [1.54, 1.807) is 0 Å². The molecule has 1 aliphatic heterocycles. The topological polar surface area (TPSA) is 76.4 Å². The van der Waals surface area contributed by atoms with E-state index in [9.17, 15) is 18.0 Å². The SMILES string of the molecule is CCCCNc1ccc(C(F)(F)F)cc1NC(=O)[C@@H]1CC[C@H](CN)O1.Cl. The van der Waals surface area contributed by atoms with Crippen LogP contribution >= 0.6 is 12.4 Å². The summed E-state index contributed by atoms with van der Waals surface area (Å²) in [7, 11) is 0. The molecule has 1 aromatic rings. The summed E-state index contributed by atoms with van der Waals surface area (Å²) in [5, 5.41) is 5.64. The van der Waals surface area contributed by atoms with Crippen LogP contribution in [0.5, 0.6) is 0 Å². The van der Waals surface area contributed by atoms with Crippen molar-refractivity contribution in [2.45, 2.75) is 51.0 Å². The highest BCUT2D eigenvalue weighted by atomic mass is 35.5. The number of hydrogen-bond donors (Lipinski definition) is 3. The standard InChI is InChI=1S/C17H24F3N3O2.ClH/c1-2-3-8-22-13-6-4-11(17(18,19)20)9-14(13)23-16(24)15-7-5-12(10-21)25-15;/h4,6,9,12,15,22H,2-3,5,7-8,10,21H2,1H3,(H,23,24);1H/t12-,15+;/m1./s1. The Labute approximate surface area is 157 Å². The highest BCUT2D eigenvalue weighted by Crippen LogP contribution is 2.34. The van der Waals surface area contributed by atoms with Gasteiger partial charge in [-0.15, -0.1) is 12.4 Å². The molecule has 0 radical (unpaired) electrons. The van der Waals surface area contributed by atoms with E-state index in [4.69, 9.17) is 10.5 Å². The zero-order valence-electron chi connectivity index (χ0n) is 14.6. The summed E-state index contributed by atoms with van der Waals surface area (Å²) in [5.41, 5.74) is 5.28. The van der Waals surface area contributed by atoms with E-state index in [0.717, 1.165) is 25.0 Å². The Kier molecular flexibility index (Phi) is 8.66. The Bertz CT molecular complexity index is 599. The number of carbonyl (C=O) groups excluding carboxylic acids is 1. The minimum Gasteiger partial charge on any atom is -0.383 e. The summed E-state index contributed by atoms with van der Waals surface area (Å²) in [6.07, 6.45) is -2.35. The average Bonchev–Trinajstić information content (AvgIpc) is 3.04. The van der Waals surface area contributed by atoms with Gasteiger partial charge in [0.05, 0.1) is 23.0 Å². The molecule has 5 nitrogen and oxygen atoms in total. The van der Waals surface area contributed by atoms with Gasteiger partial charge in [0, 0.05) is 13.1 Å². The van der Waals surface area contributed by atoms with Crippen LogP contribution in [0.15, 0.2) is 18.2 Å². The van der Waals surface area contributed by atoms with Gasteiger partial charge >= 0.3 is 6.18 Å². The van der Waals surface area contributed by atoms with Gasteiger partial charge in [-0.3, -0.25) is 4.79 Å². The number of halogens is 4. The fourth-order valence-electron chi connectivity index (χ4n) is 2.66. The number of nitrogens with two attached hydrogens (primary N) is 1. The van der Waals surface area contributed by atoms with Gasteiger partial charge < -0.3 is 21.1 Å². The number of unbranched alkanes of at least 4 members (excludes halogenated alkanes) is 1. The first kappa shape index (κ1) is 22.5. The summed E-state index contributed by atoms with van der Waals surface area (Å²) in [5.74, 6) is -0.450. The van der Waals surface area contributed by atoms with Crippen molar-refractivity contribution in [1.82, 2.24) is 0 Å². The lowest BCUT2D eigenvalue weighted by Gasteiger charge is -2.18. The minimum absolute atomic E-state index is 0. The first-order chi connectivity index (χ1) is 11.8.